The van der Waals surface area contributed by atoms with E-state index in [2.05, 4.69) is 24.3 Å². The number of nitrogens with two attached hydrogens (primary N) is 1. The van der Waals surface area contributed by atoms with Crippen molar-refractivity contribution in [2.75, 3.05) is 0 Å². The van der Waals surface area contributed by atoms with Crippen LogP contribution in [-0.2, 0) is 11.4 Å². The summed E-state index contributed by atoms with van der Waals surface area (Å²) in [6.07, 6.45) is 3.07. The largest absolute Gasteiger partial charge is 0.489 e. The van der Waals surface area contributed by atoms with Crippen LogP contribution in [0.3, 0.4) is 0 Å². The van der Waals surface area contributed by atoms with Crippen LogP contribution in [0.2, 0.25) is 0 Å². The van der Waals surface area contributed by atoms with E-state index in [-0.39, 0.29) is 5.91 Å². The SMILES string of the molecule is NNC(=O)/C=C/c1ccc(OCc2cccc3ccccc23)cc1. The van der Waals surface area contributed by atoms with E-state index in [4.69, 9.17) is 10.6 Å². The van der Waals surface area contributed by atoms with Gasteiger partial charge in [-0.15, -0.1) is 0 Å². The second-order valence-corrected chi connectivity index (χ2v) is 5.34. The summed E-state index contributed by atoms with van der Waals surface area (Å²) in [5.74, 6) is 5.46. The van der Waals surface area contributed by atoms with Crippen LogP contribution in [-0.4, -0.2) is 5.91 Å². The van der Waals surface area contributed by atoms with Crippen LogP contribution in [0, 0.1) is 0 Å². The number of amides is 1. The fourth-order valence-electron chi connectivity index (χ4n) is 2.47. The van der Waals surface area contributed by atoms with E-state index < -0.39 is 0 Å². The molecule has 4 nitrogen and oxygen atoms in total. The Morgan fingerprint density at radius 2 is 1.75 bits per heavy atom. The summed E-state index contributed by atoms with van der Waals surface area (Å²) >= 11 is 0. The Kier molecular flexibility index (Phi) is 4.89. The van der Waals surface area contributed by atoms with Crippen LogP contribution in [0.1, 0.15) is 11.1 Å². The molecule has 0 radical (unpaired) electrons. The zero-order valence-corrected chi connectivity index (χ0v) is 13.1. The summed E-state index contributed by atoms with van der Waals surface area (Å²) in [5.41, 5.74) is 4.10. The fourth-order valence-corrected chi connectivity index (χ4v) is 2.47. The van der Waals surface area contributed by atoms with Gasteiger partial charge in [0.05, 0.1) is 0 Å². The predicted molar refractivity (Wildman–Crippen MR) is 96.1 cm³/mol. The third-order valence-electron chi connectivity index (χ3n) is 3.72. The first-order chi connectivity index (χ1) is 11.8. The van der Waals surface area contributed by atoms with Gasteiger partial charge < -0.3 is 4.74 Å². The smallest absolute Gasteiger partial charge is 0.257 e. The normalized spacial score (nSPS) is 10.9. The average Bonchev–Trinajstić information content (AvgIpc) is 2.65. The van der Waals surface area contributed by atoms with Gasteiger partial charge in [0.15, 0.2) is 0 Å². The van der Waals surface area contributed by atoms with Crippen molar-refractivity contribution < 1.29 is 9.53 Å². The van der Waals surface area contributed by atoms with E-state index in [1.807, 2.05) is 47.9 Å². The van der Waals surface area contributed by atoms with E-state index in [9.17, 15) is 4.79 Å². The molecule has 0 saturated carbocycles. The van der Waals surface area contributed by atoms with Gasteiger partial charge in [-0.3, -0.25) is 10.2 Å². The lowest BCUT2D eigenvalue weighted by Crippen LogP contribution is -2.27. The number of hydrogen-bond acceptors (Lipinski definition) is 3. The molecular weight excluding hydrogens is 300 g/mol. The van der Waals surface area contributed by atoms with Gasteiger partial charge in [0.1, 0.15) is 12.4 Å². The van der Waals surface area contributed by atoms with Gasteiger partial charge in [-0.25, -0.2) is 5.84 Å². The van der Waals surface area contributed by atoms with Gasteiger partial charge >= 0.3 is 0 Å². The Hall–Kier alpha value is -3.11. The number of ether oxygens (including phenoxy) is 1. The number of carbonyl (C=O) groups is 1. The molecule has 0 spiro atoms. The topological polar surface area (TPSA) is 64.3 Å². The second kappa shape index (κ2) is 7.44. The number of fused-ring (bicyclic) bond motifs is 1. The van der Waals surface area contributed by atoms with E-state index in [1.54, 1.807) is 6.08 Å². The Balaban J connectivity index is 1.68. The first-order valence-electron chi connectivity index (χ1n) is 7.64. The van der Waals surface area contributed by atoms with Crippen LogP contribution in [0.25, 0.3) is 16.8 Å². The molecule has 120 valence electrons. The Bertz CT molecular complexity index is 865. The van der Waals surface area contributed by atoms with Gasteiger partial charge in [-0.05, 0) is 40.1 Å². The predicted octanol–water partition coefficient (Wildman–Crippen LogP) is 3.42. The fraction of sp³-hybridized carbons (Fsp3) is 0.0500. The molecule has 1 amide bonds. The van der Waals surface area contributed by atoms with Crippen LogP contribution in [0.4, 0.5) is 0 Å². The van der Waals surface area contributed by atoms with Crippen LogP contribution >= 0.6 is 0 Å². The van der Waals surface area contributed by atoms with Gasteiger partial charge in [-0.2, -0.15) is 0 Å². The number of hydrogen-bond donors (Lipinski definition) is 2. The molecule has 0 aromatic heterocycles. The van der Waals surface area contributed by atoms with Gasteiger partial charge in [0.25, 0.3) is 5.91 Å². The molecule has 24 heavy (non-hydrogen) atoms. The number of rotatable bonds is 5. The van der Waals surface area contributed by atoms with Gasteiger partial charge in [0.2, 0.25) is 0 Å². The molecule has 3 aromatic rings. The van der Waals surface area contributed by atoms with Gasteiger partial charge in [0, 0.05) is 6.08 Å². The lowest BCUT2D eigenvalue weighted by molar-refractivity contribution is -0.116. The molecular formula is C20H18N2O2. The first-order valence-corrected chi connectivity index (χ1v) is 7.64. The molecule has 3 rings (SSSR count). The van der Waals surface area contributed by atoms with Crippen molar-refractivity contribution in [1.29, 1.82) is 0 Å². The highest BCUT2D eigenvalue weighted by molar-refractivity contribution is 5.91. The van der Waals surface area contributed by atoms with Crippen molar-refractivity contribution in [2.45, 2.75) is 6.61 Å². The van der Waals surface area contributed by atoms with E-state index in [0.29, 0.717) is 6.61 Å². The minimum Gasteiger partial charge on any atom is -0.489 e. The third kappa shape index (κ3) is 3.80. The average molecular weight is 318 g/mol. The maximum Gasteiger partial charge on any atom is 0.257 e. The van der Waals surface area contributed by atoms with Crippen molar-refractivity contribution in [3.8, 4) is 5.75 Å². The maximum atomic E-state index is 11.1. The van der Waals surface area contributed by atoms with Crippen LogP contribution in [0.15, 0.2) is 72.8 Å². The number of hydrazine groups is 1. The van der Waals surface area contributed by atoms with E-state index in [0.717, 1.165) is 16.9 Å². The molecule has 4 heteroatoms. The quantitative estimate of drug-likeness (QED) is 0.328. The number of benzene rings is 3. The second-order valence-electron chi connectivity index (χ2n) is 5.34. The molecule has 0 aliphatic carbocycles. The molecule has 0 heterocycles. The highest BCUT2D eigenvalue weighted by Gasteiger charge is 2.01. The zero-order valence-electron chi connectivity index (χ0n) is 13.1. The van der Waals surface area contributed by atoms with Crippen molar-refractivity contribution in [2.24, 2.45) is 5.84 Å². The van der Waals surface area contributed by atoms with E-state index in [1.165, 1.54) is 16.8 Å². The Morgan fingerprint density at radius 3 is 2.54 bits per heavy atom. The monoisotopic (exact) mass is 318 g/mol. The molecule has 0 saturated heterocycles. The van der Waals surface area contributed by atoms with Crippen LogP contribution in [0.5, 0.6) is 5.75 Å². The molecule has 0 bridgehead atoms. The third-order valence-corrected chi connectivity index (χ3v) is 3.72. The maximum absolute atomic E-state index is 11.1. The first kappa shape index (κ1) is 15.8. The van der Waals surface area contributed by atoms with Crippen LogP contribution < -0.4 is 16.0 Å². The standard InChI is InChI=1S/C20H18N2O2/c21-22-20(23)13-10-15-8-11-18(12-9-15)24-14-17-6-3-5-16-4-1-2-7-19(16)17/h1-13H,14,21H2,(H,22,23)/b13-10+. The van der Waals surface area contributed by atoms with Crippen molar-refractivity contribution >= 4 is 22.8 Å². The van der Waals surface area contributed by atoms with Crippen molar-refractivity contribution in [3.05, 3.63) is 83.9 Å². The van der Waals surface area contributed by atoms with E-state index >= 15 is 0 Å². The summed E-state index contributed by atoms with van der Waals surface area (Å²) in [4.78, 5) is 11.1. The molecule has 0 fully saturated rings. The summed E-state index contributed by atoms with van der Waals surface area (Å²) in [7, 11) is 0. The lowest BCUT2D eigenvalue weighted by Gasteiger charge is -2.09. The van der Waals surface area contributed by atoms with Crippen molar-refractivity contribution in [3.63, 3.8) is 0 Å². The minimum atomic E-state index is -0.341. The zero-order chi connectivity index (χ0) is 16.8. The molecule has 0 atom stereocenters. The highest BCUT2D eigenvalue weighted by atomic mass is 16.5. The summed E-state index contributed by atoms with van der Waals surface area (Å²) in [5, 5.41) is 2.41. The molecule has 0 unspecified atom stereocenters. The Labute approximate surface area is 140 Å². The molecule has 3 N–H and O–H groups in total. The molecule has 3 aromatic carbocycles. The Morgan fingerprint density at radius 1 is 1.00 bits per heavy atom. The van der Waals surface area contributed by atoms with Crippen molar-refractivity contribution in [1.82, 2.24) is 5.43 Å². The summed E-state index contributed by atoms with van der Waals surface area (Å²) in [6.45, 7) is 0.506. The minimum absolute atomic E-state index is 0.341. The number of nitrogens with one attached hydrogen (secondary N) is 1. The number of carbonyl (C=O) groups excluding carboxylic acids is 1. The van der Waals surface area contributed by atoms with Gasteiger partial charge in [-0.1, -0.05) is 54.6 Å². The molecule has 0 aliphatic rings. The summed E-state index contributed by atoms with van der Waals surface area (Å²) < 4.78 is 5.88. The highest BCUT2D eigenvalue weighted by Crippen LogP contribution is 2.21. The lowest BCUT2D eigenvalue weighted by atomic mass is 10.1. The summed E-state index contributed by atoms with van der Waals surface area (Å²) in [6, 6.07) is 22.0. The molecule has 0 aliphatic heterocycles.